The second-order valence-corrected chi connectivity index (χ2v) is 3.59. The van der Waals surface area contributed by atoms with Gasteiger partial charge in [-0.1, -0.05) is 0 Å². The Morgan fingerprint density at radius 1 is 1.33 bits per heavy atom. The van der Waals surface area contributed by atoms with Crippen LogP contribution < -0.4 is 0 Å². The van der Waals surface area contributed by atoms with Gasteiger partial charge in [0.05, 0.1) is 0 Å². The molecular weight excluding hydrogens is 218 g/mol. The van der Waals surface area contributed by atoms with E-state index in [0.717, 1.165) is 21.8 Å². The Labute approximate surface area is 78.6 Å². The first-order chi connectivity index (χ1) is 5.66. The van der Waals surface area contributed by atoms with Gasteiger partial charge in [-0.15, -0.1) is 0 Å². The average Bonchev–Trinajstić information content (AvgIpc) is 2.29. The molecule has 0 radical (unpaired) electrons. The van der Waals surface area contributed by atoms with Crippen molar-refractivity contribution in [2.24, 2.45) is 0 Å². The molecule has 12 heavy (non-hydrogen) atoms. The maximum absolute atomic E-state index is 4.28. The molecule has 0 aliphatic carbocycles. The molecule has 3 nitrogen and oxygen atoms in total. The summed E-state index contributed by atoms with van der Waals surface area (Å²) in [6.45, 7) is 4.01. The summed E-state index contributed by atoms with van der Waals surface area (Å²) in [5.74, 6) is 0.749. The van der Waals surface area contributed by atoms with Crippen LogP contribution in [0.25, 0.3) is 5.78 Å². The van der Waals surface area contributed by atoms with Gasteiger partial charge in [0.15, 0.2) is 0 Å². The SMILES string of the molecule is Cc1cc(C)n2cc(Br)nc2n1. The van der Waals surface area contributed by atoms with Gasteiger partial charge < -0.3 is 0 Å². The number of hydrogen-bond donors (Lipinski definition) is 0. The van der Waals surface area contributed by atoms with E-state index in [0.29, 0.717) is 0 Å². The number of fused-ring (bicyclic) bond motifs is 1. The summed E-state index contributed by atoms with van der Waals surface area (Å²) >= 11 is 3.31. The number of rotatable bonds is 0. The van der Waals surface area contributed by atoms with Crippen molar-refractivity contribution >= 4 is 21.7 Å². The smallest absolute Gasteiger partial charge is 0.235 e. The number of hydrogen-bond acceptors (Lipinski definition) is 2. The van der Waals surface area contributed by atoms with Crippen LogP contribution in [0.2, 0.25) is 0 Å². The predicted octanol–water partition coefficient (Wildman–Crippen LogP) is 2.11. The van der Waals surface area contributed by atoms with Crippen LogP contribution in [0.5, 0.6) is 0 Å². The number of halogens is 1. The van der Waals surface area contributed by atoms with Gasteiger partial charge in [0.2, 0.25) is 5.78 Å². The summed E-state index contributed by atoms with van der Waals surface area (Å²) in [6.07, 6.45) is 1.91. The zero-order chi connectivity index (χ0) is 8.72. The van der Waals surface area contributed by atoms with Crippen molar-refractivity contribution in [2.75, 3.05) is 0 Å². The predicted molar refractivity (Wildman–Crippen MR) is 50.2 cm³/mol. The zero-order valence-electron chi connectivity index (χ0n) is 6.87. The Morgan fingerprint density at radius 2 is 2.08 bits per heavy atom. The zero-order valence-corrected chi connectivity index (χ0v) is 8.46. The molecule has 4 heteroatoms. The third-order valence-electron chi connectivity index (χ3n) is 1.73. The van der Waals surface area contributed by atoms with Crippen LogP contribution in [-0.2, 0) is 0 Å². The normalized spacial score (nSPS) is 10.9. The van der Waals surface area contributed by atoms with Gasteiger partial charge >= 0.3 is 0 Å². The van der Waals surface area contributed by atoms with Gasteiger partial charge in [-0.05, 0) is 35.8 Å². The number of aromatic nitrogens is 3. The second-order valence-electron chi connectivity index (χ2n) is 2.77. The van der Waals surface area contributed by atoms with E-state index >= 15 is 0 Å². The van der Waals surface area contributed by atoms with E-state index < -0.39 is 0 Å². The Hall–Kier alpha value is -0.900. The van der Waals surface area contributed by atoms with E-state index in [1.165, 1.54) is 0 Å². The van der Waals surface area contributed by atoms with Crippen molar-refractivity contribution in [3.63, 3.8) is 0 Å². The largest absolute Gasteiger partial charge is 0.287 e. The van der Waals surface area contributed by atoms with Crippen molar-refractivity contribution in [1.82, 2.24) is 14.4 Å². The standard InChI is InChI=1S/C8H8BrN3/c1-5-3-6(2)12-4-7(9)11-8(12)10-5/h3-4H,1-2H3. The van der Waals surface area contributed by atoms with Gasteiger partial charge in [-0.2, -0.15) is 0 Å². The minimum absolute atomic E-state index is 0.749. The van der Waals surface area contributed by atoms with Gasteiger partial charge in [0.1, 0.15) is 4.60 Å². The molecule has 0 fully saturated rings. The van der Waals surface area contributed by atoms with Crippen LogP contribution in [0.3, 0.4) is 0 Å². The van der Waals surface area contributed by atoms with E-state index in [1.807, 2.05) is 30.5 Å². The summed E-state index contributed by atoms with van der Waals surface area (Å²) in [5, 5.41) is 0. The molecule has 0 aliphatic rings. The fraction of sp³-hybridized carbons (Fsp3) is 0.250. The topological polar surface area (TPSA) is 30.2 Å². The van der Waals surface area contributed by atoms with Crippen LogP contribution in [-0.4, -0.2) is 14.4 Å². The van der Waals surface area contributed by atoms with Gasteiger partial charge in [-0.25, -0.2) is 9.97 Å². The molecule has 0 spiro atoms. The summed E-state index contributed by atoms with van der Waals surface area (Å²) in [6, 6.07) is 2.03. The highest BCUT2D eigenvalue weighted by Crippen LogP contribution is 2.11. The lowest BCUT2D eigenvalue weighted by atomic mass is 10.3. The lowest BCUT2D eigenvalue weighted by molar-refractivity contribution is 1.01. The molecule has 0 saturated heterocycles. The molecule has 0 N–H and O–H groups in total. The lowest BCUT2D eigenvalue weighted by Gasteiger charge is -1.98. The molecule has 62 valence electrons. The molecular formula is C8H8BrN3. The first kappa shape index (κ1) is 7.73. The van der Waals surface area contributed by atoms with Crippen molar-refractivity contribution in [3.8, 4) is 0 Å². The molecule has 2 rings (SSSR count). The van der Waals surface area contributed by atoms with Gasteiger partial charge in [0.25, 0.3) is 0 Å². The Kier molecular flexibility index (Phi) is 1.65. The quantitative estimate of drug-likeness (QED) is 0.688. The molecule has 0 aromatic carbocycles. The molecule has 2 aromatic rings. The van der Waals surface area contributed by atoms with Crippen molar-refractivity contribution in [2.45, 2.75) is 13.8 Å². The minimum Gasteiger partial charge on any atom is -0.287 e. The Morgan fingerprint density at radius 3 is 2.83 bits per heavy atom. The molecule has 0 unspecified atom stereocenters. The fourth-order valence-corrected chi connectivity index (χ4v) is 1.61. The first-order valence-electron chi connectivity index (χ1n) is 3.65. The van der Waals surface area contributed by atoms with E-state index in [2.05, 4.69) is 25.9 Å². The number of aryl methyl sites for hydroxylation is 2. The molecule has 2 heterocycles. The molecule has 2 aromatic heterocycles. The summed E-state index contributed by atoms with van der Waals surface area (Å²) < 4.78 is 2.78. The van der Waals surface area contributed by atoms with Crippen LogP contribution in [0.1, 0.15) is 11.4 Å². The average molecular weight is 226 g/mol. The Bertz CT molecular complexity index is 433. The monoisotopic (exact) mass is 225 g/mol. The summed E-state index contributed by atoms with van der Waals surface area (Å²) in [7, 11) is 0. The third-order valence-corrected chi connectivity index (χ3v) is 2.11. The number of nitrogens with zero attached hydrogens (tertiary/aromatic N) is 3. The highest BCUT2D eigenvalue weighted by molar-refractivity contribution is 9.10. The second kappa shape index (κ2) is 2.55. The van der Waals surface area contributed by atoms with Crippen LogP contribution in [0.4, 0.5) is 0 Å². The third kappa shape index (κ3) is 1.12. The van der Waals surface area contributed by atoms with Crippen molar-refractivity contribution < 1.29 is 0 Å². The molecule has 0 amide bonds. The van der Waals surface area contributed by atoms with Crippen molar-refractivity contribution in [1.29, 1.82) is 0 Å². The van der Waals surface area contributed by atoms with Crippen molar-refractivity contribution in [3.05, 3.63) is 28.3 Å². The Balaban J connectivity index is 2.88. The maximum atomic E-state index is 4.28. The number of imidazole rings is 1. The van der Waals surface area contributed by atoms with Crippen LogP contribution >= 0.6 is 15.9 Å². The maximum Gasteiger partial charge on any atom is 0.235 e. The first-order valence-corrected chi connectivity index (χ1v) is 4.45. The molecule has 0 saturated carbocycles. The summed E-state index contributed by atoms with van der Waals surface area (Å²) in [5.41, 5.74) is 2.15. The van der Waals surface area contributed by atoms with Gasteiger partial charge in [0, 0.05) is 17.6 Å². The molecule has 0 bridgehead atoms. The van der Waals surface area contributed by atoms with E-state index in [9.17, 15) is 0 Å². The highest BCUT2D eigenvalue weighted by Gasteiger charge is 2.02. The minimum atomic E-state index is 0.749. The van der Waals surface area contributed by atoms with E-state index in [4.69, 9.17) is 0 Å². The highest BCUT2D eigenvalue weighted by atomic mass is 79.9. The fourth-order valence-electron chi connectivity index (χ4n) is 1.24. The summed E-state index contributed by atoms with van der Waals surface area (Å²) in [4.78, 5) is 8.48. The van der Waals surface area contributed by atoms with Crippen LogP contribution in [0, 0.1) is 13.8 Å². The lowest BCUT2D eigenvalue weighted by Crippen LogP contribution is -1.94. The molecule has 0 atom stereocenters. The van der Waals surface area contributed by atoms with Gasteiger partial charge in [-0.3, -0.25) is 4.40 Å². The van der Waals surface area contributed by atoms with Crippen LogP contribution in [0.15, 0.2) is 16.9 Å². The van der Waals surface area contributed by atoms with E-state index in [1.54, 1.807) is 0 Å². The van der Waals surface area contributed by atoms with E-state index in [-0.39, 0.29) is 0 Å². The molecule has 0 aliphatic heterocycles.